The molecule has 1 aromatic carbocycles. The molecule has 1 amide bonds. The molecule has 1 fully saturated rings. The van der Waals surface area contributed by atoms with Gasteiger partial charge in [0.1, 0.15) is 4.83 Å². The summed E-state index contributed by atoms with van der Waals surface area (Å²) in [6.07, 6.45) is 6.02. The molecule has 4 rings (SSSR count). The van der Waals surface area contributed by atoms with Crippen LogP contribution in [0.1, 0.15) is 47.5 Å². The van der Waals surface area contributed by atoms with E-state index in [-0.39, 0.29) is 5.91 Å². The first kappa shape index (κ1) is 16.3. The average molecular weight is 353 g/mol. The fourth-order valence-electron chi connectivity index (χ4n) is 3.70. The molecule has 0 saturated heterocycles. The molecule has 2 heterocycles. The Balaban J connectivity index is 1.68. The summed E-state index contributed by atoms with van der Waals surface area (Å²) in [5, 5.41) is 5.74. The summed E-state index contributed by atoms with van der Waals surface area (Å²) in [5.41, 5.74) is 2.00. The number of fused-ring (bicyclic) bond motifs is 1. The van der Waals surface area contributed by atoms with E-state index in [0.717, 1.165) is 39.3 Å². The van der Waals surface area contributed by atoms with Crippen molar-refractivity contribution in [2.45, 2.75) is 45.1 Å². The molecular weight excluding hydrogens is 330 g/mol. The van der Waals surface area contributed by atoms with Crippen LogP contribution in [0.4, 0.5) is 0 Å². The Kier molecular flexibility index (Phi) is 4.34. The molecule has 3 aromatic rings. The molecule has 0 radical (unpaired) electrons. The van der Waals surface area contributed by atoms with Crippen LogP contribution < -0.4 is 0 Å². The van der Waals surface area contributed by atoms with E-state index in [1.54, 1.807) is 11.3 Å². The highest BCUT2D eigenvalue weighted by Gasteiger charge is 2.25. The molecule has 0 atom stereocenters. The Morgan fingerprint density at radius 1 is 1.20 bits per heavy atom. The SMILES string of the molecule is Cc1nn(-c2ccccc2)c2sc(C(=O)N(C)C3CCCCC3)cc12. The fraction of sp³-hybridized carbons (Fsp3) is 0.400. The van der Waals surface area contributed by atoms with E-state index in [1.807, 2.05) is 60.0 Å². The summed E-state index contributed by atoms with van der Waals surface area (Å²) in [5.74, 6) is 0.145. The number of thiophene rings is 1. The van der Waals surface area contributed by atoms with Crippen LogP contribution in [0.5, 0.6) is 0 Å². The van der Waals surface area contributed by atoms with Gasteiger partial charge >= 0.3 is 0 Å². The summed E-state index contributed by atoms with van der Waals surface area (Å²) < 4.78 is 1.95. The summed E-state index contributed by atoms with van der Waals surface area (Å²) in [7, 11) is 1.96. The number of aryl methyl sites for hydroxylation is 1. The Hall–Kier alpha value is -2.14. The lowest BCUT2D eigenvalue weighted by Crippen LogP contribution is -2.37. The minimum absolute atomic E-state index is 0.145. The second-order valence-corrected chi connectivity index (χ2v) is 7.90. The van der Waals surface area contributed by atoms with Gasteiger partial charge in [-0.3, -0.25) is 4.79 Å². The fourth-order valence-corrected chi connectivity index (χ4v) is 4.87. The second kappa shape index (κ2) is 6.64. The number of aromatic nitrogens is 2. The number of carbonyl (C=O) groups excluding carboxylic acids is 1. The molecule has 0 aliphatic heterocycles. The molecule has 0 unspecified atom stereocenters. The Morgan fingerprint density at radius 3 is 2.64 bits per heavy atom. The van der Waals surface area contributed by atoms with Gasteiger partial charge in [-0.1, -0.05) is 37.5 Å². The molecule has 130 valence electrons. The smallest absolute Gasteiger partial charge is 0.264 e. The predicted molar refractivity (Wildman–Crippen MR) is 103 cm³/mol. The van der Waals surface area contributed by atoms with E-state index in [0.29, 0.717) is 6.04 Å². The largest absolute Gasteiger partial charge is 0.338 e. The lowest BCUT2D eigenvalue weighted by molar-refractivity contribution is 0.0701. The Morgan fingerprint density at radius 2 is 1.92 bits per heavy atom. The first-order valence-corrected chi connectivity index (χ1v) is 9.78. The highest BCUT2D eigenvalue weighted by atomic mass is 32.1. The van der Waals surface area contributed by atoms with Gasteiger partial charge in [0.25, 0.3) is 5.91 Å². The van der Waals surface area contributed by atoms with E-state index in [9.17, 15) is 4.79 Å². The lowest BCUT2D eigenvalue weighted by atomic mass is 9.94. The van der Waals surface area contributed by atoms with Crippen LogP contribution in [0.25, 0.3) is 15.9 Å². The van der Waals surface area contributed by atoms with Crippen LogP contribution in [0.15, 0.2) is 36.4 Å². The molecule has 5 heteroatoms. The highest BCUT2D eigenvalue weighted by molar-refractivity contribution is 7.20. The molecule has 1 saturated carbocycles. The number of rotatable bonds is 3. The maximum atomic E-state index is 13.0. The van der Waals surface area contributed by atoms with Crippen molar-refractivity contribution in [1.29, 1.82) is 0 Å². The van der Waals surface area contributed by atoms with Crippen LogP contribution in [-0.4, -0.2) is 33.7 Å². The van der Waals surface area contributed by atoms with Crippen LogP contribution in [0.2, 0.25) is 0 Å². The van der Waals surface area contributed by atoms with Crippen molar-refractivity contribution in [1.82, 2.24) is 14.7 Å². The zero-order chi connectivity index (χ0) is 17.4. The number of benzene rings is 1. The quantitative estimate of drug-likeness (QED) is 0.678. The number of nitrogens with zero attached hydrogens (tertiary/aromatic N) is 3. The number of carbonyl (C=O) groups is 1. The van der Waals surface area contributed by atoms with Crippen LogP contribution in [-0.2, 0) is 0 Å². The third-order valence-corrected chi connectivity index (χ3v) is 6.30. The van der Waals surface area contributed by atoms with Gasteiger partial charge < -0.3 is 4.90 Å². The molecule has 0 bridgehead atoms. The number of amides is 1. The Labute approximate surface area is 152 Å². The summed E-state index contributed by atoms with van der Waals surface area (Å²) in [6, 6.07) is 12.5. The average Bonchev–Trinajstić information content (AvgIpc) is 3.23. The van der Waals surface area contributed by atoms with E-state index >= 15 is 0 Å². The van der Waals surface area contributed by atoms with Crippen molar-refractivity contribution in [3.8, 4) is 5.69 Å². The predicted octanol–water partition coefficient (Wildman–Crippen LogP) is 4.80. The molecule has 2 aromatic heterocycles. The molecule has 0 spiro atoms. The maximum absolute atomic E-state index is 13.0. The summed E-state index contributed by atoms with van der Waals surface area (Å²) in [6.45, 7) is 2.01. The number of para-hydroxylation sites is 1. The van der Waals surface area contributed by atoms with Crippen molar-refractivity contribution in [2.75, 3.05) is 7.05 Å². The molecule has 0 N–H and O–H groups in total. The lowest BCUT2D eigenvalue weighted by Gasteiger charge is -2.30. The third kappa shape index (κ3) is 2.97. The molecule has 25 heavy (non-hydrogen) atoms. The van der Waals surface area contributed by atoms with Crippen LogP contribution >= 0.6 is 11.3 Å². The third-order valence-electron chi connectivity index (χ3n) is 5.20. The van der Waals surface area contributed by atoms with Crippen molar-refractivity contribution >= 4 is 27.5 Å². The van der Waals surface area contributed by atoms with Crippen LogP contribution in [0, 0.1) is 6.92 Å². The van der Waals surface area contributed by atoms with Crippen LogP contribution in [0.3, 0.4) is 0 Å². The zero-order valence-electron chi connectivity index (χ0n) is 14.7. The second-order valence-electron chi connectivity index (χ2n) is 6.87. The first-order valence-electron chi connectivity index (χ1n) is 8.97. The topological polar surface area (TPSA) is 38.1 Å². The minimum atomic E-state index is 0.145. The Bertz CT molecular complexity index is 890. The molecular formula is C20H23N3OS. The zero-order valence-corrected chi connectivity index (χ0v) is 15.6. The van der Waals surface area contributed by atoms with E-state index in [4.69, 9.17) is 0 Å². The summed E-state index contributed by atoms with van der Waals surface area (Å²) >= 11 is 1.55. The number of hydrogen-bond donors (Lipinski definition) is 0. The van der Waals surface area contributed by atoms with Crippen molar-refractivity contribution in [2.24, 2.45) is 0 Å². The molecule has 4 nitrogen and oxygen atoms in total. The number of hydrogen-bond acceptors (Lipinski definition) is 3. The van der Waals surface area contributed by atoms with Gasteiger partial charge in [0.15, 0.2) is 0 Å². The van der Waals surface area contributed by atoms with Gasteiger partial charge in [-0.25, -0.2) is 4.68 Å². The van der Waals surface area contributed by atoms with E-state index in [2.05, 4.69) is 5.10 Å². The van der Waals surface area contributed by atoms with Gasteiger partial charge in [0.05, 0.1) is 16.3 Å². The maximum Gasteiger partial charge on any atom is 0.264 e. The van der Waals surface area contributed by atoms with Crippen molar-refractivity contribution in [3.63, 3.8) is 0 Å². The standard InChI is InChI=1S/C20H23N3OS/c1-14-17-13-18(19(24)22(2)15-9-5-3-6-10-15)25-20(17)23(21-14)16-11-7-4-8-12-16/h4,7-8,11-13,15H,3,5-6,9-10H2,1-2H3. The van der Waals surface area contributed by atoms with E-state index in [1.165, 1.54) is 19.3 Å². The van der Waals surface area contributed by atoms with Gasteiger partial charge in [-0.2, -0.15) is 5.10 Å². The molecule has 1 aliphatic rings. The molecule has 1 aliphatic carbocycles. The van der Waals surface area contributed by atoms with Gasteiger partial charge in [-0.05, 0) is 38.0 Å². The summed E-state index contributed by atoms with van der Waals surface area (Å²) in [4.78, 5) is 16.8. The normalized spacial score (nSPS) is 15.6. The monoisotopic (exact) mass is 353 g/mol. The van der Waals surface area contributed by atoms with Gasteiger partial charge in [0.2, 0.25) is 0 Å². The minimum Gasteiger partial charge on any atom is -0.338 e. The van der Waals surface area contributed by atoms with Gasteiger partial charge in [0, 0.05) is 18.5 Å². The first-order chi connectivity index (χ1) is 12.1. The van der Waals surface area contributed by atoms with E-state index < -0.39 is 0 Å². The van der Waals surface area contributed by atoms with Crippen molar-refractivity contribution in [3.05, 3.63) is 47.0 Å². The highest BCUT2D eigenvalue weighted by Crippen LogP contribution is 2.32. The van der Waals surface area contributed by atoms with Gasteiger partial charge in [-0.15, -0.1) is 11.3 Å². The van der Waals surface area contributed by atoms with Crippen molar-refractivity contribution < 1.29 is 4.79 Å².